The van der Waals surface area contributed by atoms with Gasteiger partial charge in [-0.05, 0) is 19.9 Å². The highest BCUT2D eigenvalue weighted by atomic mass is 16.5. The lowest BCUT2D eigenvalue weighted by Gasteiger charge is -2.43. The molecule has 1 aliphatic rings. The molecular weight excluding hydrogens is 246 g/mol. The van der Waals surface area contributed by atoms with Crippen molar-refractivity contribution in [3.63, 3.8) is 0 Å². The molecule has 0 radical (unpaired) electrons. The minimum Gasteiger partial charge on any atom is -0.465 e. The van der Waals surface area contributed by atoms with E-state index in [0.29, 0.717) is 36.8 Å². The highest BCUT2D eigenvalue weighted by Crippen LogP contribution is 2.31. The highest BCUT2D eigenvalue weighted by Gasteiger charge is 2.33. The standard InChI is InChI=1S/C13H19N3O3/c1-13(2)8-19-7-6-16(13)11-10(14)9(4-5-15-11)12(17)18-3/h4-5H,6-8,14H2,1-3H3. The quantitative estimate of drug-likeness (QED) is 0.806. The second kappa shape index (κ2) is 5.05. The van der Waals surface area contributed by atoms with Crippen molar-refractivity contribution in [2.45, 2.75) is 19.4 Å². The van der Waals surface area contributed by atoms with Gasteiger partial charge in [-0.3, -0.25) is 0 Å². The maximum atomic E-state index is 11.7. The van der Waals surface area contributed by atoms with Gasteiger partial charge >= 0.3 is 5.97 Å². The summed E-state index contributed by atoms with van der Waals surface area (Å²) in [6.45, 7) is 6.01. The Bertz CT molecular complexity index is 488. The number of anilines is 2. The molecular formula is C13H19N3O3. The van der Waals surface area contributed by atoms with Gasteiger partial charge in [0.1, 0.15) is 0 Å². The zero-order valence-electron chi connectivity index (χ0n) is 11.5. The number of pyridine rings is 1. The largest absolute Gasteiger partial charge is 0.465 e. The Hall–Kier alpha value is -1.82. The third-order valence-electron chi connectivity index (χ3n) is 3.28. The molecule has 0 atom stereocenters. The number of nitrogens with two attached hydrogens (primary N) is 1. The SMILES string of the molecule is COC(=O)c1ccnc(N2CCOCC2(C)C)c1N. The van der Waals surface area contributed by atoms with Crippen LogP contribution in [0.4, 0.5) is 11.5 Å². The van der Waals surface area contributed by atoms with Crippen LogP contribution in [0.1, 0.15) is 24.2 Å². The van der Waals surface area contributed by atoms with Crippen LogP contribution in [0.25, 0.3) is 0 Å². The van der Waals surface area contributed by atoms with Gasteiger partial charge in [-0.15, -0.1) is 0 Å². The second-order valence-corrected chi connectivity index (χ2v) is 5.10. The molecule has 2 heterocycles. The molecule has 1 saturated heterocycles. The lowest BCUT2D eigenvalue weighted by atomic mass is 10.0. The predicted molar refractivity (Wildman–Crippen MR) is 72.2 cm³/mol. The molecule has 0 amide bonds. The van der Waals surface area contributed by atoms with Gasteiger partial charge in [0, 0.05) is 12.7 Å². The number of carbonyl (C=O) groups is 1. The van der Waals surface area contributed by atoms with E-state index in [2.05, 4.69) is 23.7 Å². The molecule has 0 bridgehead atoms. The zero-order chi connectivity index (χ0) is 14.0. The van der Waals surface area contributed by atoms with E-state index in [0.717, 1.165) is 0 Å². The molecule has 0 aliphatic carbocycles. The Morgan fingerprint density at radius 2 is 2.32 bits per heavy atom. The van der Waals surface area contributed by atoms with E-state index in [1.54, 1.807) is 12.3 Å². The molecule has 6 nitrogen and oxygen atoms in total. The van der Waals surface area contributed by atoms with Gasteiger partial charge in [-0.2, -0.15) is 0 Å². The summed E-state index contributed by atoms with van der Waals surface area (Å²) in [5, 5.41) is 0. The van der Waals surface area contributed by atoms with Crippen molar-refractivity contribution in [2.24, 2.45) is 0 Å². The molecule has 0 spiro atoms. The second-order valence-electron chi connectivity index (χ2n) is 5.10. The van der Waals surface area contributed by atoms with Gasteiger partial charge in [-0.25, -0.2) is 9.78 Å². The number of morpholine rings is 1. The van der Waals surface area contributed by atoms with Crippen LogP contribution in [0.5, 0.6) is 0 Å². The summed E-state index contributed by atoms with van der Waals surface area (Å²) in [4.78, 5) is 18.0. The molecule has 0 aromatic carbocycles. The first kappa shape index (κ1) is 13.6. The van der Waals surface area contributed by atoms with Crippen LogP contribution in [-0.2, 0) is 9.47 Å². The Labute approximate surface area is 112 Å². The number of hydrogen-bond donors (Lipinski definition) is 1. The van der Waals surface area contributed by atoms with E-state index >= 15 is 0 Å². The van der Waals surface area contributed by atoms with Crippen LogP contribution < -0.4 is 10.6 Å². The van der Waals surface area contributed by atoms with Crippen molar-refractivity contribution in [2.75, 3.05) is 37.5 Å². The number of nitrogens with zero attached hydrogens (tertiary/aromatic N) is 2. The van der Waals surface area contributed by atoms with Gasteiger partial charge in [0.05, 0.1) is 37.1 Å². The summed E-state index contributed by atoms with van der Waals surface area (Å²) in [6, 6.07) is 1.57. The number of esters is 1. The molecule has 2 rings (SSSR count). The number of carbonyl (C=O) groups excluding carboxylic acids is 1. The molecule has 0 saturated carbocycles. The lowest BCUT2D eigenvalue weighted by Crippen LogP contribution is -2.53. The van der Waals surface area contributed by atoms with Crippen molar-refractivity contribution in [1.82, 2.24) is 4.98 Å². The summed E-state index contributed by atoms with van der Waals surface area (Å²) in [5.74, 6) is 0.156. The Morgan fingerprint density at radius 1 is 1.58 bits per heavy atom. The van der Waals surface area contributed by atoms with Crippen molar-refractivity contribution < 1.29 is 14.3 Å². The molecule has 1 aromatic rings. The van der Waals surface area contributed by atoms with Crippen molar-refractivity contribution in [3.05, 3.63) is 17.8 Å². The number of hydrogen-bond acceptors (Lipinski definition) is 6. The van der Waals surface area contributed by atoms with E-state index < -0.39 is 5.97 Å². The van der Waals surface area contributed by atoms with E-state index in [1.165, 1.54) is 7.11 Å². The third kappa shape index (κ3) is 2.49. The molecule has 1 aliphatic heterocycles. The van der Waals surface area contributed by atoms with E-state index in [9.17, 15) is 4.79 Å². The molecule has 6 heteroatoms. The first-order valence-electron chi connectivity index (χ1n) is 6.15. The Morgan fingerprint density at radius 3 is 2.95 bits per heavy atom. The molecule has 2 N–H and O–H groups in total. The maximum Gasteiger partial charge on any atom is 0.340 e. The summed E-state index contributed by atoms with van der Waals surface area (Å²) in [6.07, 6.45) is 1.57. The summed E-state index contributed by atoms with van der Waals surface area (Å²) < 4.78 is 10.2. The van der Waals surface area contributed by atoms with Crippen LogP contribution in [-0.4, -0.2) is 43.4 Å². The summed E-state index contributed by atoms with van der Waals surface area (Å²) in [7, 11) is 1.33. The van der Waals surface area contributed by atoms with E-state index in [4.69, 9.17) is 15.2 Å². The number of nitrogen functional groups attached to an aromatic ring is 1. The van der Waals surface area contributed by atoms with Gasteiger partial charge in [0.2, 0.25) is 0 Å². The van der Waals surface area contributed by atoms with E-state index in [-0.39, 0.29) is 5.54 Å². The Balaban J connectivity index is 2.42. The summed E-state index contributed by atoms with van der Waals surface area (Å²) in [5.41, 5.74) is 6.55. The number of ether oxygens (including phenoxy) is 2. The highest BCUT2D eigenvalue weighted by molar-refractivity contribution is 5.97. The van der Waals surface area contributed by atoms with Gasteiger partial charge in [-0.1, -0.05) is 0 Å². The maximum absolute atomic E-state index is 11.7. The number of rotatable bonds is 2. The van der Waals surface area contributed by atoms with E-state index in [1.807, 2.05) is 0 Å². The minimum absolute atomic E-state index is 0.214. The van der Waals surface area contributed by atoms with Gasteiger partial charge in [0.15, 0.2) is 5.82 Å². The van der Waals surface area contributed by atoms with Gasteiger partial charge < -0.3 is 20.1 Å². The molecule has 104 valence electrons. The fourth-order valence-electron chi connectivity index (χ4n) is 2.22. The number of aromatic nitrogens is 1. The summed E-state index contributed by atoms with van der Waals surface area (Å²) >= 11 is 0. The average molecular weight is 265 g/mol. The first-order valence-corrected chi connectivity index (χ1v) is 6.15. The van der Waals surface area contributed by atoms with Crippen LogP contribution >= 0.6 is 0 Å². The van der Waals surface area contributed by atoms with Gasteiger partial charge in [0.25, 0.3) is 0 Å². The van der Waals surface area contributed by atoms with Crippen LogP contribution in [0.3, 0.4) is 0 Å². The monoisotopic (exact) mass is 265 g/mol. The molecule has 1 fully saturated rings. The van der Waals surface area contributed by atoms with Crippen LogP contribution in [0.15, 0.2) is 12.3 Å². The average Bonchev–Trinajstić information content (AvgIpc) is 2.38. The fraction of sp³-hybridized carbons (Fsp3) is 0.538. The van der Waals surface area contributed by atoms with Crippen molar-refractivity contribution >= 4 is 17.5 Å². The zero-order valence-corrected chi connectivity index (χ0v) is 11.5. The molecule has 1 aromatic heterocycles. The van der Waals surface area contributed by atoms with Crippen LogP contribution in [0.2, 0.25) is 0 Å². The lowest BCUT2D eigenvalue weighted by molar-refractivity contribution is 0.0600. The predicted octanol–water partition coefficient (Wildman–Crippen LogP) is 1.07. The molecule has 19 heavy (non-hydrogen) atoms. The normalized spacial score (nSPS) is 18.2. The first-order chi connectivity index (χ1) is 8.97. The molecule has 0 unspecified atom stereocenters. The fourth-order valence-corrected chi connectivity index (χ4v) is 2.22. The Kier molecular flexibility index (Phi) is 3.61. The third-order valence-corrected chi connectivity index (χ3v) is 3.28. The minimum atomic E-state index is -0.452. The number of methoxy groups -OCH3 is 1. The topological polar surface area (TPSA) is 77.7 Å². The van der Waals surface area contributed by atoms with Crippen molar-refractivity contribution in [3.8, 4) is 0 Å². The van der Waals surface area contributed by atoms with Crippen molar-refractivity contribution in [1.29, 1.82) is 0 Å². The van der Waals surface area contributed by atoms with Crippen LogP contribution in [0, 0.1) is 0 Å². The smallest absolute Gasteiger partial charge is 0.340 e.